The predicted molar refractivity (Wildman–Crippen MR) is 26.5 cm³/mol. The van der Waals surface area contributed by atoms with Crippen LogP contribution in [-0.4, -0.2) is 27.9 Å². The van der Waals surface area contributed by atoms with Crippen molar-refractivity contribution in [1.29, 1.82) is 0 Å². The first-order valence-electron chi connectivity index (χ1n) is 2.07. The predicted octanol–water partition coefficient (Wildman–Crippen LogP) is -1.76. The Balaban J connectivity index is 2.44. The highest BCUT2D eigenvalue weighted by Gasteiger charge is 2.47. The van der Waals surface area contributed by atoms with Gasteiger partial charge in [0.15, 0.2) is 0 Å². The van der Waals surface area contributed by atoms with Crippen LogP contribution in [0.1, 0.15) is 0 Å². The zero-order valence-electron chi connectivity index (χ0n) is 4.20. The van der Waals surface area contributed by atoms with Crippen LogP contribution in [0, 0.1) is 0 Å². The normalized spacial score (nSPS) is 35.6. The van der Waals surface area contributed by atoms with Crippen LogP contribution in [-0.2, 0) is 13.3 Å². The van der Waals surface area contributed by atoms with E-state index in [-0.39, 0.29) is 0 Å². The first kappa shape index (κ1) is 6.36. The van der Waals surface area contributed by atoms with Gasteiger partial charge in [0.1, 0.15) is 0 Å². The summed E-state index contributed by atoms with van der Waals surface area (Å²) in [6.07, 6.45) is 0. The summed E-state index contributed by atoms with van der Waals surface area (Å²) in [5.41, 5.74) is 0. The van der Waals surface area contributed by atoms with E-state index in [4.69, 9.17) is 9.59 Å². The maximum absolute atomic E-state index is 8.52. The van der Waals surface area contributed by atoms with Gasteiger partial charge in [-0.1, -0.05) is 0 Å². The van der Waals surface area contributed by atoms with Crippen molar-refractivity contribution >= 4 is 18.3 Å². The van der Waals surface area contributed by atoms with Gasteiger partial charge in [0.05, 0.1) is 0 Å². The summed E-state index contributed by atoms with van der Waals surface area (Å²) in [5.74, 6) is 0. The number of hydrogen-bond donors (Lipinski definition) is 2. The lowest BCUT2D eigenvalue weighted by Gasteiger charge is -2.00. The van der Waals surface area contributed by atoms with Crippen molar-refractivity contribution in [2.45, 2.75) is 6.55 Å². The average Bonchev–Trinajstić information content (AvgIpc) is 1.82. The highest BCUT2D eigenvalue weighted by atomic mass is 28.5. The summed E-state index contributed by atoms with van der Waals surface area (Å²) in [6, 6.07) is 0. The molecule has 5 nitrogen and oxygen atoms in total. The summed E-state index contributed by atoms with van der Waals surface area (Å²) >= 11 is 0. The van der Waals surface area contributed by atoms with Gasteiger partial charge in [-0.25, -0.2) is 4.58 Å². The van der Waals surface area contributed by atoms with Crippen LogP contribution < -0.4 is 0 Å². The molecule has 0 bridgehead atoms. The molecule has 1 fully saturated rings. The van der Waals surface area contributed by atoms with Gasteiger partial charge < -0.3 is 13.7 Å². The monoisotopic (exact) mass is 154 g/mol. The number of hydrogen-bond acceptors (Lipinski definition) is 5. The van der Waals surface area contributed by atoms with Gasteiger partial charge >= 0.3 is 18.3 Å². The van der Waals surface area contributed by atoms with Crippen molar-refractivity contribution < 1.29 is 22.9 Å². The maximum atomic E-state index is 8.52. The van der Waals surface area contributed by atoms with E-state index in [1.165, 1.54) is 0 Å². The Bertz CT molecular complexity index is 92.4. The second-order valence-electron chi connectivity index (χ2n) is 1.41. The fourth-order valence-corrected chi connectivity index (χ4v) is 3.47. The van der Waals surface area contributed by atoms with Crippen molar-refractivity contribution in [1.82, 2.24) is 0 Å². The zero-order chi connectivity index (χ0) is 6.20. The lowest BCUT2D eigenvalue weighted by Crippen LogP contribution is -2.37. The van der Waals surface area contributed by atoms with Crippen LogP contribution in [0.25, 0.3) is 0 Å². The molecule has 0 amide bonds. The van der Waals surface area contributed by atoms with Gasteiger partial charge in [-0.2, -0.15) is 0 Å². The molecule has 1 unspecified atom stereocenters. The van der Waals surface area contributed by atoms with Gasteiger partial charge in [0.2, 0.25) is 0 Å². The van der Waals surface area contributed by atoms with E-state index in [1.807, 2.05) is 0 Å². The fraction of sp³-hybridized carbons (Fsp3) is 1.00. The third kappa shape index (κ3) is 1.35. The Kier molecular flexibility index (Phi) is 1.49. The standard InChI is InChI=1S/CH6O5Si2/c1-7-4-5-8(2,3)6-7/h2-3,7H,1H3. The SMILES string of the molecule is C[SiH]1OO[Si](O)(O)O1. The lowest BCUT2D eigenvalue weighted by molar-refractivity contribution is -0.142. The van der Waals surface area contributed by atoms with Crippen LogP contribution in [0.5, 0.6) is 0 Å². The van der Waals surface area contributed by atoms with Crippen LogP contribution in [0.3, 0.4) is 0 Å². The highest BCUT2D eigenvalue weighted by Crippen LogP contribution is 2.10. The first-order valence-corrected chi connectivity index (χ1v) is 5.88. The van der Waals surface area contributed by atoms with E-state index in [9.17, 15) is 0 Å². The second-order valence-corrected chi connectivity index (χ2v) is 4.95. The maximum Gasteiger partial charge on any atom is 0.692 e. The summed E-state index contributed by atoms with van der Waals surface area (Å²) in [4.78, 5) is 17.0. The van der Waals surface area contributed by atoms with E-state index in [0.29, 0.717) is 0 Å². The van der Waals surface area contributed by atoms with Crippen molar-refractivity contribution in [3.63, 3.8) is 0 Å². The third-order valence-electron chi connectivity index (χ3n) is 0.612. The molecule has 0 saturated carbocycles. The first-order chi connectivity index (χ1) is 3.60. The molecule has 7 heteroatoms. The van der Waals surface area contributed by atoms with E-state index in [0.717, 1.165) is 0 Å². The smallest absolute Gasteiger partial charge is 0.370 e. The molecule has 0 aromatic carbocycles. The van der Waals surface area contributed by atoms with Gasteiger partial charge in [0, 0.05) is 0 Å². The molecule has 8 heavy (non-hydrogen) atoms. The van der Waals surface area contributed by atoms with Crippen molar-refractivity contribution in [3.05, 3.63) is 0 Å². The van der Waals surface area contributed by atoms with E-state index >= 15 is 0 Å². The molecule has 48 valence electrons. The van der Waals surface area contributed by atoms with E-state index in [2.05, 4.69) is 13.3 Å². The summed E-state index contributed by atoms with van der Waals surface area (Å²) in [6.45, 7) is 1.64. The Morgan fingerprint density at radius 2 is 2.12 bits per heavy atom. The Labute approximate surface area is 48.7 Å². The van der Waals surface area contributed by atoms with Crippen LogP contribution in [0.4, 0.5) is 0 Å². The molecule has 0 spiro atoms. The molecule has 2 N–H and O–H groups in total. The van der Waals surface area contributed by atoms with E-state index in [1.54, 1.807) is 6.55 Å². The highest BCUT2D eigenvalue weighted by molar-refractivity contribution is 6.64. The molecular formula is CH6O5Si2. The van der Waals surface area contributed by atoms with Crippen molar-refractivity contribution in [2.24, 2.45) is 0 Å². The summed E-state index contributed by atoms with van der Waals surface area (Å²) < 4.78 is 12.9. The summed E-state index contributed by atoms with van der Waals surface area (Å²) in [7, 11) is -5.60. The topological polar surface area (TPSA) is 68.2 Å². The Morgan fingerprint density at radius 3 is 2.25 bits per heavy atom. The molecular weight excluding hydrogens is 148 g/mol. The molecule has 0 aliphatic carbocycles. The zero-order valence-corrected chi connectivity index (χ0v) is 6.35. The quantitative estimate of drug-likeness (QED) is 0.319. The molecule has 1 rings (SSSR count). The van der Waals surface area contributed by atoms with Crippen LogP contribution in [0.15, 0.2) is 0 Å². The van der Waals surface area contributed by atoms with Gasteiger partial charge in [-0.3, -0.25) is 4.58 Å². The van der Waals surface area contributed by atoms with Gasteiger partial charge in [0.25, 0.3) is 0 Å². The third-order valence-corrected chi connectivity index (χ3v) is 4.04. The van der Waals surface area contributed by atoms with Gasteiger partial charge in [-0.15, -0.1) is 0 Å². The largest absolute Gasteiger partial charge is 0.692 e. The average molecular weight is 154 g/mol. The van der Waals surface area contributed by atoms with Crippen LogP contribution >= 0.6 is 0 Å². The molecule has 0 aromatic heterocycles. The lowest BCUT2D eigenvalue weighted by atomic mass is 11.9. The second kappa shape index (κ2) is 1.88. The van der Waals surface area contributed by atoms with Crippen molar-refractivity contribution in [2.75, 3.05) is 0 Å². The molecule has 0 aromatic rings. The van der Waals surface area contributed by atoms with Crippen LogP contribution in [0.2, 0.25) is 6.55 Å². The van der Waals surface area contributed by atoms with Crippen molar-refractivity contribution in [3.8, 4) is 0 Å². The Hall–Kier alpha value is 0.234. The van der Waals surface area contributed by atoms with E-state index < -0.39 is 18.3 Å². The Morgan fingerprint density at radius 1 is 1.50 bits per heavy atom. The molecule has 0 radical (unpaired) electrons. The summed E-state index contributed by atoms with van der Waals surface area (Å²) in [5, 5.41) is 0. The minimum Gasteiger partial charge on any atom is -0.370 e. The number of rotatable bonds is 0. The minimum absolute atomic E-state index is 1.64. The molecule has 1 saturated heterocycles. The molecule has 1 aliphatic rings. The fourth-order valence-electron chi connectivity index (χ4n) is 0.386. The van der Waals surface area contributed by atoms with Gasteiger partial charge in [-0.05, 0) is 6.55 Å². The molecule has 1 aliphatic heterocycles. The minimum atomic E-state index is -3.76. The molecule has 1 heterocycles. The molecule has 1 atom stereocenters.